The maximum Gasteiger partial charge on any atom is 0.411 e. The van der Waals surface area contributed by atoms with Gasteiger partial charge in [0.15, 0.2) is 0 Å². The van der Waals surface area contributed by atoms with E-state index in [1.165, 1.54) is 12.0 Å². The average Bonchev–Trinajstić information content (AvgIpc) is 2.97. The molecule has 0 aromatic heterocycles. The molecule has 0 radical (unpaired) electrons. The maximum absolute atomic E-state index is 13.6. The van der Waals surface area contributed by atoms with Crippen LogP contribution in [0.3, 0.4) is 0 Å². The first-order valence-corrected chi connectivity index (χ1v) is 11.2. The quantitative estimate of drug-likeness (QED) is 0.545. The van der Waals surface area contributed by atoms with E-state index in [9.17, 15) is 14.7 Å². The van der Waals surface area contributed by atoms with E-state index in [1.54, 1.807) is 51.1 Å². The predicted octanol–water partition coefficient (Wildman–Crippen LogP) is 5.21. The zero-order valence-corrected chi connectivity index (χ0v) is 19.8. The normalized spacial score (nSPS) is 17.0. The van der Waals surface area contributed by atoms with E-state index in [-0.39, 0.29) is 6.54 Å². The molecule has 6 heteroatoms. The van der Waals surface area contributed by atoms with Gasteiger partial charge >= 0.3 is 12.1 Å². The number of aliphatic hydroxyl groups is 1. The molecule has 1 unspecified atom stereocenters. The summed E-state index contributed by atoms with van der Waals surface area (Å²) >= 11 is 0. The molecule has 3 aromatic carbocycles. The zero-order valence-electron chi connectivity index (χ0n) is 19.8. The third-order valence-electron chi connectivity index (χ3n) is 5.95. The third-order valence-corrected chi connectivity index (χ3v) is 5.95. The number of amides is 1. The molecule has 2 atom stereocenters. The van der Waals surface area contributed by atoms with Crippen molar-refractivity contribution in [3.63, 3.8) is 0 Å². The standard InChI is InChI=1S/C28H29NO5/c1-27(2,3)34-26(31)29-18-19-12-8-9-15-21(19)22-16-10-11-17-23(22)24(29)28(32,25(30)33-4)20-13-6-5-7-14-20/h5-17,24,32H,18H2,1-4H3/t24?,28-/m1/s1. The minimum absolute atomic E-state index is 0.135. The van der Waals surface area contributed by atoms with Crippen LogP contribution in [-0.2, 0) is 26.4 Å². The largest absolute Gasteiger partial charge is 0.467 e. The summed E-state index contributed by atoms with van der Waals surface area (Å²) in [5.41, 5.74) is 0.607. The lowest BCUT2D eigenvalue weighted by molar-refractivity contribution is -0.173. The topological polar surface area (TPSA) is 76.1 Å². The first kappa shape index (κ1) is 23.5. The Kier molecular flexibility index (Phi) is 6.19. The highest BCUT2D eigenvalue weighted by Gasteiger charge is 2.53. The number of methoxy groups -OCH3 is 1. The summed E-state index contributed by atoms with van der Waals surface area (Å²) in [4.78, 5) is 28.4. The fraction of sp³-hybridized carbons (Fsp3) is 0.286. The smallest absolute Gasteiger partial charge is 0.411 e. The van der Waals surface area contributed by atoms with Crippen molar-refractivity contribution in [1.82, 2.24) is 4.90 Å². The molecule has 0 fully saturated rings. The summed E-state index contributed by atoms with van der Waals surface area (Å²) in [5.74, 6) is -0.863. The summed E-state index contributed by atoms with van der Waals surface area (Å²) in [7, 11) is 1.23. The van der Waals surface area contributed by atoms with Crippen LogP contribution >= 0.6 is 0 Å². The predicted molar refractivity (Wildman–Crippen MR) is 129 cm³/mol. The molecule has 0 spiro atoms. The van der Waals surface area contributed by atoms with Gasteiger partial charge in [0.1, 0.15) is 11.6 Å². The first-order chi connectivity index (χ1) is 16.2. The molecular weight excluding hydrogens is 430 g/mol. The maximum atomic E-state index is 13.6. The molecule has 3 aromatic rings. The number of fused-ring (bicyclic) bond motifs is 3. The van der Waals surface area contributed by atoms with Crippen molar-refractivity contribution in [2.45, 2.75) is 44.6 Å². The zero-order chi connectivity index (χ0) is 24.5. The van der Waals surface area contributed by atoms with Gasteiger partial charge in [0.2, 0.25) is 5.60 Å². The van der Waals surface area contributed by atoms with E-state index in [1.807, 2.05) is 48.5 Å². The number of hydrogen-bond donors (Lipinski definition) is 1. The van der Waals surface area contributed by atoms with E-state index in [4.69, 9.17) is 9.47 Å². The Labute approximate surface area is 199 Å². The van der Waals surface area contributed by atoms with Crippen LogP contribution in [0.5, 0.6) is 0 Å². The Morgan fingerprint density at radius 2 is 1.47 bits per heavy atom. The molecule has 1 heterocycles. The van der Waals surface area contributed by atoms with Gasteiger partial charge in [-0.3, -0.25) is 4.90 Å². The highest BCUT2D eigenvalue weighted by Crippen LogP contribution is 2.47. The van der Waals surface area contributed by atoms with Crippen molar-refractivity contribution < 1.29 is 24.2 Å². The molecule has 1 amide bonds. The second-order valence-electron chi connectivity index (χ2n) is 9.38. The Balaban J connectivity index is 2.03. The molecular formula is C28H29NO5. The molecule has 6 nitrogen and oxygen atoms in total. The Morgan fingerprint density at radius 3 is 2.12 bits per heavy atom. The van der Waals surface area contributed by atoms with Gasteiger partial charge in [0.25, 0.3) is 0 Å². The van der Waals surface area contributed by atoms with Crippen molar-refractivity contribution in [3.05, 3.63) is 95.6 Å². The monoisotopic (exact) mass is 459 g/mol. The van der Waals surface area contributed by atoms with Crippen LogP contribution in [0, 0.1) is 0 Å². The molecule has 1 N–H and O–H groups in total. The molecule has 176 valence electrons. The Morgan fingerprint density at radius 1 is 0.882 bits per heavy atom. The van der Waals surface area contributed by atoms with Crippen molar-refractivity contribution in [2.75, 3.05) is 7.11 Å². The Bertz CT molecular complexity index is 1200. The molecule has 4 rings (SSSR count). The number of carbonyl (C=O) groups is 2. The van der Waals surface area contributed by atoms with E-state index in [0.717, 1.165) is 16.7 Å². The van der Waals surface area contributed by atoms with Crippen molar-refractivity contribution in [1.29, 1.82) is 0 Å². The van der Waals surface area contributed by atoms with Gasteiger partial charge in [0.05, 0.1) is 13.7 Å². The molecule has 1 aliphatic rings. The van der Waals surface area contributed by atoms with E-state index in [0.29, 0.717) is 11.1 Å². The first-order valence-electron chi connectivity index (χ1n) is 11.2. The number of rotatable bonds is 3. The van der Waals surface area contributed by atoms with Gasteiger partial charge < -0.3 is 14.6 Å². The van der Waals surface area contributed by atoms with E-state index >= 15 is 0 Å². The van der Waals surface area contributed by atoms with Crippen LogP contribution in [0.2, 0.25) is 0 Å². The summed E-state index contributed by atoms with van der Waals surface area (Å²) in [6, 6.07) is 22.7. The molecule has 1 aliphatic heterocycles. The second kappa shape index (κ2) is 8.95. The minimum atomic E-state index is -2.19. The van der Waals surface area contributed by atoms with Gasteiger partial charge in [0, 0.05) is 0 Å². The fourth-order valence-corrected chi connectivity index (χ4v) is 4.52. The van der Waals surface area contributed by atoms with Crippen molar-refractivity contribution >= 4 is 12.1 Å². The van der Waals surface area contributed by atoms with E-state index < -0.39 is 29.3 Å². The van der Waals surface area contributed by atoms with Crippen LogP contribution in [-0.4, -0.2) is 34.8 Å². The van der Waals surface area contributed by atoms with Crippen molar-refractivity contribution in [2.24, 2.45) is 0 Å². The number of esters is 1. The van der Waals surface area contributed by atoms with Crippen LogP contribution in [0.15, 0.2) is 78.9 Å². The third kappa shape index (κ3) is 4.17. The number of hydrogen-bond acceptors (Lipinski definition) is 5. The van der Waals surface area contributed by atoms with Gasteiger partial charge in [-0.05, 0) is 48.6 Å². The fourth-order valence-electron chi connectivity index (χ4n) is 4.52. The number of benzene rings is 3. The van der Waals surface area contributed by atoms with Crippen LogP contribution in [0.4, 0.5) is 4.79 Å². The lowest BCUT2D eigenvalue weighted by Crippen LogP contribution is -2.52. The van der Waals surface area contributed by atoms with Gasteiger partial charge in [-0.15, -0.1) is 0 Å². The van der Waals surface area contributed by atoms with Crippen LogP contribution < -0.4 is 0 Å². The van der Waals surface area contributed by atoms with Crippen LogP contribution in [0.25, 0.3) is 11.1 Å². The lowest BCUT2D eigenvalue weighted by atomic mass is 9.79. The van der Waals surface area contributed by atoms with E-state index in [2.05, 4.69) is 0 Å². The van der Waals surface area contributed by atoms with Gasteiger partial charge in [-0.2, -0.15) is 0 Å². The van der Waals surface area contributed by atoms with Gasteiger partial charge in [-0.1, -0.05) is 78.9 Å². The van der Waals surface area contributed by atoms with Gasteiger partial charge in [-0.25, -0.2) is 9.59 Å². The van der Waals surface area contributed by atoms with Crippen LogP contribution in [0.1, 0.15) is 43.5 Å². The van der Waals surface area contributed by atoms with Crippen molar-refractivity contribution in [3.8, 4) is 11.1 Å². The summed E-state index contributed by atoms with van der Waals surface area (Å²) < 4.78 is 10.9. The highest BCUT2D eigenvalue weighted by atomic mass is 16.6. The number of ether oxygens (including phenoxy) is 2. The summed E-state index contributed by atoms with van der Waals surface area (Å²) in [5, 5.41) is 12.2. The number of nitrogens with zero attached hydrogens (tertiary/aromatic N) is 1. The molecule has 34 heavy (non-hydrogen) atoms. The molecule has 0 aliphatic carbocycles. The Hall–Kier alpha value is -3.64. The average molecular weight is 460 g/mol. The second-order valence-corrected chi connectivity index (χ2v) is 9.38. The number of carbonyl (C=O) groups excluding carboxylic acids is 2. The summed E-state index contributed by atoms with van der Waals surface area (Å²) in [6.45, 7) is 5.48. The molecule has 0 saturated heterocycles. The molecule has 0 bridgehead atoms. The SMILES string of the molecule is COC(=O)[C@@](O)(c1ccccc1)C1c2ccccc2-c2ccccc2CN1C(=O)OC(C)(C)C. The lowest BCUT2D eigenvalue weighted by Gasteiger charge is -2.41. The highest BCUT2D eigenvalue weighted by molar-refractivity contribution is 5.86. The summed E-state index contributed by atoms with van der Waals surface area (Å²) in [6.07, 6.45) is -0.637. The minimum Gasteiger partial charge on any atom is -0.467 e. The molecule has 0 saturated carbocycles.